The zero-order chi connectivity index (χ0) is 52.9. The molecule has 1 atom stereocenters. The van der Waals surface area contributed by atoms with Crippen LogP contribution in [0.2, 0.25) is 0 Å². The van der Waals surface area contributed by atoms with Gasteiger partial charge in [0.25, 0.3) is 0 Å². The topological polar surface area (TPSA) is 78.9 Å². The maximum absolute atomic E-state index is 12.9. The van der Waals surface area contributed by atoms with Gasteiger partial charge in [-0.25, -0.2) is 0 Å². The number of hydrogen-bond acceptors (Lipinski definition) is 6. The van der Waals surface area contributed by atoms with Crippen LogP contribution in [0, 0.1) is 0 Å². The Bertz CT molecular complexity index is 1540. The lowest BCUT2D eigenvalue weighted by Crippen LogP contribution is -2.30. The molecule has 0 bridgehead atoms. The first kappa shape index (κ1) is 68.8. The minimum Gasteiger partial charge on any atom is -0.462 e. The Balaban J connectivity index is 4.50. The first-order chi connectivity index (χ1) is 36.0. The van der Waals surface area contributed by atoms with Gasteiger partial charge in [0.2, 0.25) is 0 Å². The SMILES string of the molecule is CC/C=C\C/C=C\C/C=C\C/C=C\CCCCCCCCC(=O)OCC(COC(=O)CCC/C=C\C/C=C\C/C=C\CCCCCCCC)OC(=O)CCCCCCCCCCC/C=C\C/C=C\C/C=C\CC. The number of ether oxygens (including phenoxy) is 3. The fourth-order valence-corrected chi connectivity index (χ4v) is 7.99. The smallest absolute Gasteiger partial charge is 0.306 e. The van der Waals surface area contributed by atoms with E-state index in [1.165, 1.54) is 96.3 Å². The molecule has 0 N–H and O–H groups in total. The molecule has 414 valence electrons. The van der Waals surface area contributed by atoms with E-state index in [0.717, 1.165) is 122 Å². The lowest BCUT2D eigenvalue weighted by atomic mass is 10.1. The van der Waals surface area contributed by atoms with Gasteiger partial charge in [-0.3, -0.25) is 14.4 Å². The van der Waals surface area contributed by atoms with E-state index >= 15 is 0 Å². The van der Waals surface area contributed by atoms with E-state index in [1.807, 2.05) is 0 Å². The monoisotopic (exact) mass is 1010 g/mol. The molecule has 1 unspecified atom stereocenters. The molecule has 0 spiro atoms. The summed E-state index contributed by atoms with van der Waals surface area (Å²) >= 11 is 0. The number of rotatable bonds is 53. The summed E-state index contributed by atoms with van der Waals surface area (Å²) in [5.41, 5.74) is 0. The molecule has 6 nitrogen and oxygen atoms in total. The van der Waals surface area contributed by atoms with Crippen LogP contribution in [0.25, 0.3) is 0 Å². The molecular formula is C67H110O6. The molecule has 0 aliphatic carbocycles. The maximum atomic E-state index is 12.9. The Hall–Kier alpha value is -4.19. The van der Waals surface area contributed by atoms with Gasteiger partial charge in [0, 0.05) is 19.3 Å². The van der Waals surface area contributed by atoms with Crippen LogP contribution in [-0.4, -0.2) is 37.2 Å². The second kappa shape index (κ2) is 60.4. The molecule has 0 aromatic carbocycles. The summed E-state index contributed by atoms with van der Waals surface area (Å²) in [6.45, 7) is 6.36. The first-order valence-electron chi connectivity index (χ1n) is 30.0. The Kier molecular flexibility index (Phi) is 56.9. The first-order valence-corrected chi connectivity index (χ1v) is 30.0. The van der Waals surface area contributed by atoms with Crippen LogP contribution in [0.3, 0.4) is 0 Å². The lowest BCUT2D eigenvalue weighted by Gasteiger charge is -2.18. The van der Waals surface area contributed by atoms with Gasteiger partial charge < -0.3 is 14.2 Å². The number of allylic oxidation sites excluding steroid dienone is 20. The molecule has 0 aromatic rings. The van der Waals surface area contributed by atoms with Gasteiger partial charge in [0.05, 0.1) is 0 Å². The van der Waals surface area contributed by atoms with Crippen LogP contribution in [0.4, 0.5) is 0 Å². The van der Waals surface area contributed by atoms with E-state index in [-0.39, 0.29) is 37.5 Å². The number of unbranched alkanes of at least 4 members (excludes halogenated alkanes) is 22. The minimum atomic E-state index is -0.812. The normalized spacial score (nSPS) is 13.0. The van der Waals surface area contributed by atoms with Crippen molar-refractivity contribution in [3.05, 3.63) is 122 Å². The van der Waals surface area contributed by atoms with E-state index < -0.39 is 6.10 Å². The Labute approximate surface area is 450 Å². The average Bonchev–Trinajstić information content (AvgIpc) is 3.39. The molecule has 0 aliphatic rings. The van der Waals surface area contributed by atoms with Crippen LogP contribution in [0.5, 0.6) is 0 Å². The van der Waals surface area contributed by atoms with E-state index in [0.29, 0.717) is 19.3 Å². The van der Waals surface area contributed by atoms with Gasteiger partial charge in [0.1, 0.15) is 13.2 Å². The van der Waals surface area contributed by atoms with Gasteiger partial charge in [-0.2, -0.15) is 0 Å². The summed E-state index contributed by atoms with van der Waals surface area (Å²) in [7, 11) is 0. The Morgan fingerprint density at radius 2 is 0.548 bits per heavy atom. The molecule has 0 saturated heterocycles. The summed E-state index contributed by atoms with van der Waals surface area (Å²) in [5, 5.41) is 0. The Morgan fingerprint density at radius 3 is 0.890 bits per heavy atom. The highest BCUT2D eigenvalue weighted by Gasteiger charge is 2.19. The van der Waals surface area contributed by atoms with E-state index in [1.54, 1.807) is 0 Å². The highest BCUT2D eigenvalue weighted by molar-refractivity contribution is 5.71. The molecule has 0 radical (unpaired) electrons. The van der Waals surface area contributed by atoms with Gasteiger partial charge in [-0.1, -0.05) is 245 Å². The summed E-state index contributed by atoms with van der Waals surface area (Å²) < 4.78 is 16.8. The van der Waals surface area contributed by atoms with E-state index in [2.05, 4.69) is 142 Å². The van der Waals surface area contributed by atoms with Crippen molar-refractivity contribution in [2.45, 2.75) is 271 Å². The van der Waals surface area contributed by atoms with Crippen molar-refractivity contribution >= 4 is 17.9 Å². The average molecular weight is 1010 g/mol. The minimum absolute atomic E-state index is 0.106. The van der Waals surface area contributed by atoms with Gasteiger partial charge >= 0.3 is 17.9 Å². The highest BCUT2D eigenvalue weighted by atomic mass is 16.6. The summed E-state index contributed by atoms with van der Waals surface area (Å²) in [5.74, 6) is -0.977. The molecule has 6 heteroatoms. The molecule has 0 amide bonds. The fourth-order valence-electron chi connectivity index (χ4n) is 7.99. The predicted molar refractivity (Wildman–Crippen MR) is 316 cm³/mol. The number of hydrogen-bond donors (Lipinski definition) is 0. The summed E-state index contributed by atoms with van der Waals surface area (Å²) in [4.78, 5) is 38.2. The molecule has 0 saturated carbocycles. The maximum Gasteiger partial charge on any atom is 0.306 e. The second-order valence-corrected chi connectivity index (χ2v) is 19.5. The lowest BCUT2D eigenvalue weighted by molar-refractivity contribution is -0.167. The molecule has 0 fully saturated rings. The van der Waals surface area contributed by atoms with E-state index in [9.17, 15) is 14.4 Å². The third-order valence-corrected chi connectivity index (χ3v) is 12.4. The second-order valence-electron chi connectivity index (χ2n) is 19.5. The number of esters is 3. The number of carbonyl (C=O) groups is 3. The Morgan fingerprint density at radius 1 is 0.288 bits per heavy atom. The standard InChI is InChI=1S/C67H110O6/c1-4-7-10-13-16-19-22-25-28-31-33-36-39-42-45-48-51-54-57-60-66(69)72-63-64(62-71-65(68)59-56-53-50-47-44-41-38-35-30-27-24-21-18-15-12-9-6-3)73-67(70)61-58-55-52-49-46-43-40-37-34-32-29-26-23-20-17-14-11-8-5-2/h7-8,10-11,16-17,19-20,25-30,33,36,38,41,47,50,64H,4-6,9,12-15,18,21-24,31-32,34-35,37,39-40,42-46,48-49,51-63H2,1-3H3/b10-7-,11-8-,19-16-,20-17-,28-25-,29-26-,30-27-,36-33-,41-38-,50-47-. The summed E-state index contributed by atoms with van der Waals surface area (Å²) in [6, 6.07) is 0. The quantitative estimate of drug-likeness (QED) is 0.0261. The van der Waals surface area contributed by atoms with Gasteiger partial charge in [0.15, 0.2) is 6.10 Å². The van der Waals surface area contributed by atoms with Crippen molar-refractivity contribution < 1.29 is 28.6 Å². The zero-order valence-corrected chi connectivity index (χ0v) is 47.4. The van der Waals surface area contributed by atoms with Crippen molar-refractivity contribution in [3.8, 4) is 0 Å². The van der Waals surface area contributed by atoms with Crippen molar-refractivity contribution in [2.75, 3.05) is 13.2 Å². The van der Waals surface area contributed by atoms with Crippen molar-refractivity contribution in [1.82, 2.24) is 0 Å². The largest absolute Gasteiger partial charge is 0.462 e. The molecule has 0 aliphatic heterocycles. The van der Waals surface area contributed by atoms with Crippen molar-refractivity contribution in [1.29, 1.82) is 0 Å². The summed E-state index contributed by atoms with van der Waals surface area (Å²) in [6.07, 6.45) is 83.4. The molecule has 73 heavy (non-hydrogen) atoms. The fraction of sp³-hybridized carbons (Fsp3) is 0.657. The van der Waals surface area contributed by atoms with Crippen LogP contribution < -0.4 is 0 Å². The third kappa shape index (κ3) is 58.6. The van der Waals surface area contributed by atoms with Gasteiger partial charge in [-0.05, 0) is 122 Å². The molecule has 0 aromatic heterocycles. The van der Waals surface area contributed by atoms with Crippen molar-refractivity contribution in [3.63, 3.8) is 0 Å². The third-order valence-electron chi connectivity index (χ3n) is 12.4. The number of carbonyl (C=O) groups excluding carboxylic acids is 3. The van der Waals surface area contributed by atoms with Crippen LogP contribution in [-0.2, 0) is 28.6 Å². The molecule has 0 rings (SSSR count). The van der Waals surface area contributed by atoms with Crippen LogP contribution in [0.1, 0.15) is 265 Å². The van der Waals surface area contributed by atoms with Gasteiger partial charge in [-0.15, -0.1) is 0 Å². The zero-order valence-electron chi connectivity index (χ0n) is 47.4. The molecule has 0 heterocycles. The predicted octanol–water partition coefficient (Wildman–Crippen LogP) is 20.4. The van der Waals surface area contributed by atoms with Crippen LogP contribution in [0.15, 0.2) is 122 Å². The highest BCUT2D eigenvalue weighted by Crippen LogP contribution is 2.14. The molecular weight excluding hydrogens is 901 g/mol. The van der Waals surface area contributed by atoms with Crippen LogP contribution >= 0.6 is 0 Å². The van der Waals surface area contributed by atoms with E-state index in [4.69, 9.17) is 14.2 Å². The van der Waals surface area contributed by atoms with Crippen molar-refractivity contribution in [2.24, 2.45) is 0 Å².